The number of imidazole rings is 1. The molecule has 0 aromatic carbocycles. The smallest absolute Gasteiger partial charge is 0.195 e. The molecule has 1 saturated heterocycles. The number of hydrogen-bond acceptors (Lipinski definition) is 5. The topological polar surface area (TPSA) is 52.8 Å². The number of aliphatic hydroxyl groups excluding tert-OH is 1. The molecule has 0 aliphatic carbocycles. The average molecular weight is 308 g/mol. The quantitative estimate of drug-likeness (QED) is 0.908. The van der Waals surface area contributed by atoms with Crippen molar-refractivity contribution in [1.29, 1.82) is 0 Å². The molecule has 0 bridgehead atoms. The molecule has 3 rings (SSSR count). The van der Waals surface area contributed by atoms with Crippen LogP contribution in [0.15, 0.2) is 11.6 Å². The number of anilines is 1. The van der Waals surface area contributed by atoms with E-state index in [1.807, 2.05) is 0 Å². The molecule has 0 amide bonds. The Hall–Kier alpha value is -1.11. The number of rotatable bonds is 4. The number of piperidine rings is 1. The van der Waals surface area contributed by atoms with Gasteiger partial charge in [-0.25, -0.2) is 4.98 Å². The van der Waals surface area contributed by atoms with E-state index < -0.39 is 0 Å². The highest BCUT2D eigenvalue weighted by Gasteiger charge is 2.28. The predicted octanol–water partition coefficient (Wildman–Crippen LogP) is 2.10. The highest BCUT2D eigenvalue weighted by molar-refractivity contribution is 7.15. The zero-order chi connectivity index (χ0) is 15.0. The summed E-state index contributed by atoms with van der Waals surface area (Å²) in [5.41, 5.74) is 1.20. The van der Waals surface area contributed by atoms with Crippen LogP contribution in [0.4, 0.5) is 5.82 Å². The maximum absolute atomic E-state index is 10.2. The van der Waals surface area contributed by atoms with Gasteiger partial charge in [-0.1, -0.05) is 20.8 Å². The Labute approximate surface area is 129 Å². The largest absolute Gasteiger partial charge is 0.391 e. The Morgan fingerprint density at radius 2 is 2.33 bits per heavy atom. The van der Waals surface area contributed by atoms with E-state index in [1.165, 1.54) is 5.69 Å². The minimum absolute atomic E-state index is 0.260. The number of fused-ring (bicyclic) bond motifs is 1. The lowest BCUT2D eigenvalue weighted by molar-refractivity contribution is 0.102. The van der Waals surface area contributed by atoms with Gasteiger partial charge in [0.15, 0.2) is 10.8 Å². The number of aromatic nitrogens is 2. The molecular formula is C15H24N4OS. The number of aliphatic hydroxyl groups is 1. The SMILES string of the molecule is CC(C)NCc1c(N2CCC(C)C(O)C2)nc2sccn12. The van der Waals surface area contributed by atoms with Crippen molar-refractivity contribution in [2.24, 2.45) is 5.92 Å². The van der Waals surface area contributed by atoms with Crippen LogP contribution in [0, 0.1) is 5.92 Å². The fourth-order valence-corrected chi connectivity index (χ4v) is 3.51. The molecule has 0 radical (unpaired) electrons. The summed E-state index contributed by atoms with van der Waals surface area (Å²) in [6.07, 6.45) is 2.84. The summed E-state index contributed by atoms with van der Waals surface area (Å²) in [6, 6.07) is 0.439. The van der Waals surface area contributed by atoms with Crippen LogP contribution < -0.4 is 10.2 Å². The third-order valence-electron chi connectivity index (χ3n) is 4.24. The van der Waals surface area contributed by atoms with Crippen LogP contribution in [0.5, 0.6) is 0 Å². The number of hydrogen-bond donors (Lipinski definition) is 2. The first-order chi connectivity index (χ1) is 10.1. The molecule has 21 heavy (non-hydrogen) atoms. The molecule has 116 valence electrons. The zero-order valence-corrected chi connectivity index (χ0v) is 13.7. The van der Waals surface area contributed by atoms with Crippen LogP contribution in [0.2, 0.25) is 0 Å². The summed E-state index contributed by atoms with van der Waals surface area (Å²) < 4.78 is 2.17. The second-order valence-corrected chi connectivity index (χ2v) is 7.13. The maximum atomic E-state index is 10.2. The first kappa shape index (κ1) is 14.8. The van der Waals surface area contributed by atoms with Gasteiger partial charge in [-0.3, -0.25) is 4.40 Å². The first-order valence-corrected chi connectivity index (χ1v) is 8.55. The molecule has 3 heterocycles. The summed E-state index contributed by atoms with van der Waals surface area (Å²) >= 11 is 1.66. The summed E-state index contributed by atoms with van der Waals surface area (Å²) in [4.78, 5) is 8.05. The second kappa shape index (κ2) is 5.94. The standard InChI is InChI=1S/C15H24N4OS/c1-10(2)16-8-12-14(17-15-19(12)6-7-21-15)18-5-4-11(3)13(20)9-18/h6-7,10-11,13,16,20H,4-5,8-9H2,1-3H3. The molecule has 2 aromatic rings. The van der Waals surface area contributed by atoms with E-state index in [9.17, 15) is 5.11 Å². The molecule has 5 nitrogen and oxygen atoms in total. The third-order valence-corrected chi connectivity index (χ3v) is 4.99. The number of β-amino-alcohol motifs (C(OH)–C–C–N with tert-alkyl or cyclic N) is 1. The molecule has 2 unspecified atom stereocenters. The van der Waals surface area contributed by atoms with Gasteiger partial charge in [-0.2, -0.15) is 0 Å². The molecule has 6 heteroatoms. The predicted molar refractivity (Wildman–Crippen MR) is 87.0 cm³/mol. The summed E-state index contributed by atoms with van der Waals surface area (Å²) in [6.45, 7) is 8.87. The van der Waals surface area contributed by atoms with E-state index in [-0.39, 0.29) is 6.10 Å². The van der Waals surface area contributed by atoms with Crippen LogP contribution >= 0.6 is 11.3 Å². The number of nitrogens with one attached hydrogen (secondary N) is 1. The van der Waals surface area contributed by atoms with Gasteiger partial charge in [-0.05, 0) is 12.3 Å². The van der Waals surface area contributed by atoms with Gasteiger partial charge >= 0.3 is 0 Å². The highest BCUT2D eigenvalue weighted by Crippen LogP contribution is 2.28. The molecule has 1 aliphatic rings. The Morgan fingerprint density at radius 1 is 1.52 bits per heavy atom. The Kier molecular flexibility index (Phi) is 4.19. The number of thiazole rings is 1. The van der Waals surface area contributed by atoms with E-state index in [0.717, 1.165) is 30.3 Å². The fourth-order valence-electron chi connectivity index (χ4n) is 2.78. The first-order valence-electron chi connectivity index (χ1n) is 7.67. The lowest BCUT2D eigenvalue weighted by Crippen LogP contribution is -2.43. The second-order valence-electron chi connectivity index (χ2n) is 6.25. The van der Waals surface area contributed by atoms with Gasteiger partial charge in [0, 0.05) is 37.3 Å². The zero-order valence-electron chi connectivity index (χ0n) is 12.9. The van der Waals surface area contributed by atoms with E-state index in [0.29, 0.717) is 18.5 Å². The summed E-state index contributed by atoms with van der Waals surface area (Å²) in [5.74, 6) is 1.41. The van der Waals surface area contributed by atoms with Crippen LogP contribution in [-0.2, 0) is 6.54 Å². The Balaban J connectivity index is 1.90. The van der Waals surface area contributed by atoms with Gasteiger partial charge in [0.05, 0.1) is 11.8 Å². The summed E-state index contributed by atoms with van der Waals surface area (Å²) in [7, 11) is 0. The normalized spacial score (nSPS) is 23.4. The van der Waals surface area contributed by atoms with Gasteiger partial charge in [0.25, 0.3) is 0 Å². The van der Waals surface area contributed by atoms with Crippen molar-refractivity contribution in [2.45, 2.75) is 45.9 Å². The van der Waals surface area contributed by atoms with Crippen molar-refractivity contribution in [2.75, 3.05) is 18.0 Å². The van der Waals surface area contributed by atoms with Crippen LogP contribution in [-0.4, -0.2) is 39.7 Å². The van der Waals surface area contributed by atoms with Gasteiger partial charge in [0.1, 0.15) is 0 Å². The van der Waals surface area contributed by atoms with Crippen molar-refractivity contribution in [3.05, 3.63) is 17.3 Å². The van der Waals surface area contributed by atoms with Gasteiger partial charge < -0.3 is 15.3 Å². The minimum atomic E-state index is -0.260. The molecule has 2 aromatic heterocycles. The Bertz CT molecular complexity index is 606. The minimum Gasteiger partial charge on any atom is -0.391 e. The van der Waals surface area contributed by atoms with Crippen LogP contribution in [0.25, 0.3) is 4.96 Å². The molecule has 0 saturated carbocycles. The van der Waals surface area contributed by atoms with Crippen molar-refractivity contribution >= 4 is 22.1 Å². The van der Waals surface area contributed by atoms with Gasteiger partial charge in [0.2, 0.25) is 0 Å². The molecule has 1 fully saturated rings. The monoisotopic (exact) mass is 308 g/mol. The van der Waals surface area contributed by atoms with Crippen LogP contribution in [0.1, 0.15) is 32.9 Å². The van der Waals surface area contributed by atoms with E-state index in [2.05, 4.69) is 47.0 Å². The van der Waals surface area contributed by atoms with Gasteiger partial charge in [-0.15, -0.1) is 11.3 Å². The van der Waals surface area contributed by atoms with E-state index in [4.69, 9.17) is 4.98 Å². The molecule has 0 spiro atoms. The Morgan fingerprint density at radius 3 is 3.05 bits per heavy atom. The lowest BCUT2D eigenvalue weighted by Gasteiger charge is -2.35. The lowest BCUT2D eigenvalue weighted by atomic mass is 9.96. The van der Waals surface area contributed by atoms with Crippen molar-refractivity contribution in [1.82, 2.24) is 14.7 Å². The highest BCUT2D eigenvalue weighted by atomic mass is 32.1. The van der Waals surface area contributed by atoms with Crippen molar-refractivity contribution in [3.63, 3.8) is 0 Å². The van der Waals surface area contributed by atoms with Crippen molar-refractivity contribution < 1.29 is 5.11 Å². The molecule has 2 N–H and O–H groups in total. The van der Waals surface area contributed by atoms with E-state index >= 15 is 0 Å². The molecule has 1 aliphatic heterocycles. The average Bonchev–Trinajstić information content (AvgIpc) is 3.00. The van der Waals surface area contributed by atoms with E-state index in [1.54, 1.807) is 11.3 Å². The number of nitrogens with zero attached hydrogens (tertiary/aromatic N) is 3. The fraction of sp³-hybridized carbons (Fsp3) is 0.667. The maximum Gasteiger partial charge on any atom is 0.195 e. The third kappa shape index (κ3) is 2.93. The molecule has 2 atom stereocenters. The summed E-state index contributed by atoms with van der Waals surface area (Å²) in [5, 5.41) is 15.7. The van der Waals surface area contributed by atoms with Crippen molar-refractivity contribution in [3.8, 4) is 0 Å². The van der Waals surface area contributed by atoms with Crippen LogP contribution in [0.3, 0.4) is 0 Å². The molecular weight excluding hydrogens is 284 g/mol.